The summed E-state index contributed by atoms with van der Waals surface area (Å²) in [7, 11) is 1.67. The van der Waals surface area contributed by atoms with Gasteiger partial charge in [0.1, 0.15) is 17.8 Å². The number of aryl methyl sites for hydroxylation is 1. The van der Waals surface area contributed by atoms with Gasteiger partial charge in [0, 0.05) is 5.56 Å². The molecule has 18 heavy (non-hydrogen) atoms. The standard InChI is InChI=1S/C13H16N4O/c1-7-5-10(18-4)8(2)9(3)11(7)12-13(14)15-6-16-17-12/h5-6H,1-4H3,(H2,14,15,16). The highest BCUT2D eigenvalue weighted by Crippen LogP contribution is 2.34. The Bertz CT molecular complexity index is 596. The van der Waals surface area contributed by atoms with Gasteiger partial charge in [-0.25, -0.2) is 4.98 Å². The molecule has 1 aromatic heterocycles. The zero-order valence-electron chi connectivity index (χ0n) is 11.0. The molecule has 0 saturated carbocycles. The fourth-order valence-electron chi connectivity index (χ4n) is 2.08. The van der Waals surface area contributed by atoms with Gasteiger partial charge in [-0.1, -0.05) is 0 Å². The van der Waals surface area contributed by atoms with Crippen LogP contribution in [0, 0.1) is 20.8 Å². The first-order valence-corrected chi connectivity index (χ1v) is 5.64. The number of benzene rings is 1. The number of ether oxygens (including phenoxy) is 1. The smallest absolute Gasteiger partial charge is 0.153 e. The highest BCUT2D eigenvalue weighted by molar-refractivity contribution is 5.77. The van der Waals surface area contributed by atoms with E-state index in [0.717, 1.165) is 28.0 Å². The lowest BCUT2D eigenvalue weighted by molar-refractivity contribution is 0.411. The zero-order valence-corrected chi connectivity index (χ0v) is 11.0. The molecule has 5 heteroatoms. The van der Waals surface area contributed by atoms with Crippen molar-refractivity contribution in [2.45, 2.75) is 20.8 Å². The Labute approximate surface area is 106 Å². The second kappa shape index (κ2) is 4.60. The molecule has 0 saturated heterocycles. The molecule has 5 nitrogen and oxygen atoms in total. The molecule has 2 aromatic rings. The van der Waals surface area contributed by atoms with Crippen molar-refractivity contribution >= 4 is 5.82 Å². The summed E-state index contributed by atoms with van der Waals surface area (Å²) in [5.41, 5.74) is 10.7. The Balaban J connectivity index is 2.73. The molecule has 0 atom stereocenters. The average Bonchev–Trinajstić information content (AvgIpc) is 2.36. The number of nitrogens with zero attached hydrogens (tertiary/aromatic N) is 3. The summed E-state index contributed by atoms with van der Waals surface area (Å²) >= 11 is 0. The summed E-state index contributed by atoms with van der Waals surface area (Å²) < 4.78 is 5.34. The van der Waals surface area contributed by atoms with E-state index in [-0.39, 0.29) is 0 Å². The minimum Gasteiger partial charge on any atom is -0.496 e. The van der Waals surface area contributed by atoms with Crippen molar-refractivity contribution in [3.05, 3.63) is 29.1 Å². The number of nitrogen functional groups attached to an aromatic ring is 1. The molecule has 0 amide bonds. The molecule has 2 N–H and O–H groups in total. The molecule has 0 unspecified atom stereocenters. The molecule has 94 valence electrons. The van der Waals surface area contributed by atoms with Gasteiger partial charge in [0.25, 0.3) is 0 Å². The predicted octanol–water partition coefficient (Wildman–Crippen LogP) is 2.05. The molecular formula is C13H16N4O. The summed E-state index contributed by atoms with van der Waals surface area (Å²) in [5, 5.41) is 7.89. The van der Waals surface area contributed by atoms with E-state index in [2.05, 4.69) is 15.2 Å². The van der Waals surface area contributed by atoms with Crippen LogP contribution >= 0.6 is 0 Å². The largest absolute Gasteiger partial charge is 0.496 e. The lowest BCUT2D eigenvalue weighted by Crippen LogP contribution is -2.03. The van der Waals surface area contributed by atoms with Gasteiger partial charge < -0.3 is 10.5 Å². The van der Waals surface area contributed by atoms with Crippen molar-refractivity contribution in [3.63, 3.8) is 0 Å². The van der Waals surface area contributed by atoms with Crippen molar-refractivity contribution in [1.82, 2.24) is 15.2 Å². The third kappa shape index (κ3) is 1.88. The monoisotopic (exact) mass is 244 g/mol. The second-order valence-corrected chi connectivity index (χ2v) is 4.21. The van der Waals surface area contributed by atoms with Gasteiger partial charge in [0.15, 0.2) is 5.82 Å². The number of hydrogen-bond acceptors (Lipinski definition) is 5. The van der Waals surface area contributed by atoms with Gasteiger partial charge in [-0.2, -0.15) is 0 Å². The number of methoxy groups -OCH3 is 1. The van der Waals surface area contributed by atoms with E-state index in [1.165, 1.54) is 6.33 Å². The fraction of sp³-hybridized carbons (Fsp3) is 0.308. The Hall–Kier alpha value is -2.17. The zero-order chi connectivity index (χ0) is 13.3. The summed E-state index contributed by atoms with van der Waals surface area (Å²) in [6, 6.07) is 1.98. The van der Waals surface area contributed by atoms with E-state index < -0.39 is 0 Å². The van der Waals surface area contributed by atoms with E-state index in [9.17, 15) is 0 Å². The molecule has 0 fully saturated rings. The van der Waals surface area contributed by atoms with Gasteiger partial charge in [0.2, 0.25) is 0 Å². The Kier molecular flexibility index (Phi) is 3.14. The molecule has 0 aliphatic carbocycles. The van der Waals surface area contributed by atoms with E-state index in [0.29, 0.717) is 11.5 Å². The minimum absolute atomic E-state index is 0.390. The number of anilines is 1. The first-order chi connectivity index (χ1) is 8.56. The fourth-order valence-corrected chi connectivity index (χ4v) is 2.08. The summed E-state index contributed by atoms with van der Waals surface area (Å²) in [6.07, 6.45) is 1.35. The van der Waals surface area contributed by atoms with Crippen molar-refractivity contribution < 1.29 is 4.74 Å². The third-order valence-electron chi connectivity index (χ3n) is 3.15. The Morgan fingerprint density at radius 2 is 1.89 bits per heavy atom. The van der Waals surface area contributed by atoms with E-state index in [1.54, 1.807) is 7.11 Å². The molecule has 0 aliphatic rings. The van der Waals surface area contributed by atoms with E-state index in [1.807, 2.05) is 26.8 Å². The minimum atomic E-state index is 0.390. The van der Waals surface area contributed by atoms with Crippen molar-refractivity contribution in [2.24, 2.45) is 0 Å². The van der Waals surface area contributed by atoms with Gasteiger partial charge in [-0.05, 0) is 43.5 Å². The van der Waals surface area contributed by atoms with E-state index in [4.69, 9.17) is 10.5 Å². The molecule has 2 rings (SSSR count). The van der Waals surface area contributed by atoms with Crippen LogP contribution in [-0.2, 0) is 0 Å². The maximum absolute atomic E-state index is 5.87. The summed E-state index contributed by atoms with van der Waals surface area (Å²) in [4.78, 5) is 3.98. The van der Waals surface area contributed by atoms with Crippen molar-refractivity contribution in [3.8, 4) is 17.0 Å². The SMILES string of the molecule is COc1cc(C)c(-c2nncnc2N)c(C)c1C. The Morgan fingerprint density at radius 3 is 2.50 bits per heavy atom. The maximum Gasteiger partial charge on any atom is 0.153 e. The topological polar surface area (TPSA) is 73.9 Å². The van der Waals surface area contributed by atoms with Crippen LogP contribution in [0.3, 0.4) is 0 Å². The number of nitrogens with two attached hydrogens (primary N) is 1. The van der Waals surface area contributed by atoms with Crippen molar-refractivity contribution in [2.75, 3.05) is 12.8 Å². The van der Waals surface area contributed by atoms with Crippen LogP contribution in [0.15, 0.2) is 12.4 Å². The lowest BCUT2D eigenvalue weighted by atomic mass is 9.95. The molecule has 0 radical (unpaired) electrons. The van der Waals surface area contributed by atoms with Gasteiger partial charge >= 0.3 is 0 Å². The first-order valence-electron chi connectivity index (χ1n) is 5.64. The van der Waals surface area contributed by atoms with Crippen LogP contribution in [0.5, 0.6) is 5.75 Å². The molecule has 1 heterocycles. The lowest BCUT2D eigenvalue weighted by Gasteiger charge is -2.15. The quantitative estimate of drug-likeness (QED) is 0.875. The average molecular weight is 244 g/mol. The van der Waals surface area contributed by atoms with E-state index >= 15 is 0 Å². The van der Waals surface area contributed by atoms with Gasteiger partial charge in [0.05, 0.1) is 7.11 Å². The van der Waals surface area contributed by atoms with Crippen LogP contribution in [0.25, 0.3) is 11.3 Å². The highest BCUT2D eigenvalue weighted by atomic mass is 16.5. The van der Waals surface area contributed by atoms with Crippen LogP contribution in [0.1, 0.15) is 16.7 Å². The number of rotatable bonds is 2. The van der Waals surface area contributed by atoms with Gasteiger partial charge in [-0.15, -0.1) is 10.2 Å². The maximum atomic E-state index is 5.87. The van der Waals surface area contributed by atoms with Crippen LogP contribution < -0.4 is 10.5 Å². The normalized spacial score (nSPS) is 10.4. The predicted molar refractivity (Wildman–Crippen MR) is 70.4 cm³/mol. The van der Waals surface area contributed by atoms with Crippen LogP contribution in [0.4, 0.5) is 5.82 Å². The van der Waals surface area contributed by atoms with Gasteiger partial charge in [-0.3, -0.25) is 0 Å². The third-order valence-corrected chi connectivity index (χ3v) is 3.15. The highest BCUT2D eigenvalue weighted by Gasteiger charge is 2.16. The second-order valence-electron chi connectivity index (χ2n) is 4.21. The summed E-state index contributed by atoms with van der Waals surface area (Å²) in [6.45, 7) is 6.03. The Morgan fingerprint density at radius 1 is 1.17 bits per heavy atom. The molecule has 1 aromatic carbocycles. The molecule has 0 spiro atoms. The van der Waals surface area contributed by atoms with Crippen LogP contribution in [0.2, 0.25) is 0 Å². The first kappa shape index (κ1) is 12.3. The molecule has 0 bridgehead atoms. The van der Waals surface area contributed by atoms with Crippen LogP contribution in [-0.4, -0.2) is 22.3 Å². The molecule has 0 aliphatic heterocycles. The summed E-state index contributed by atoms with van der Waals surface area (Å²) in [5.74, 6) is 1.25. The van der Waals surface area contributed by atoms with Crippen molar-refractivity contribution in [1.29, 1.82) is 0 Å². The number of aromatic nitrogens is 3. The molecular weight excluding hydrogens is 228 g/mol. The number of hydrogen-bond donors (Lipinski definition) is 1.